The normalized spacial score (nSPS) is 12.2. The summed E-state index contributed by atoms with van der Waals surface area (Å²) >= 11 is 12.2. The van der Waals surface area contributed by atoms with Crippen LogP contribution in [0.2, 0.25) is 10.0 Å². The largest absolute Gasteiger partial charge is 0.489 e. The van der Waals surface area contributed by atoms with E-state index in [2.05, 4.69) is 0 Å². The van der Waals surface area contributed by atoms with Crippen LogP contribution in [-0.2, 0) is 6.61 Å². The first-order valence-electron chi connectivity index (χ1n) is 6.33. The van der Waals surface area contributed by atoms with Gasteiger partial charge in [-0.05, 0) is 49.2 Å². The molecule has 1 unspecified atom stereocenters. The van der Waals surface area contributed by atoms with Gasteiger partial charge in [-0.15, -0.1) is 0 Å². The summed E-state index contributed by atoms with van der Waals surface area (Å²) in [6, 6.07) is 11.0. The number of aryl methyl sites for hydroxylation is 1. The molecule has 2 aromatic rings. The van der Waals surface area contributed by atoms with Crippen molar-refractivity contribution >= 4 is 23.2 Å². The van der Waals surface area contributed by atoms with Crippen molar-refractivity contribution in [3.8, 4) is 5.75 Å². The highest BCUT2D eigenvalue weighted by Crippen LogP contribution is 2.28. The van der Waals surface area contributed by atoms with E-state index < -0.39 is 6.10 Å². The molecular weight excluding hydrogens is 295 g/mol. The van der Waals surface area contributed by atoms with Crippen LogP contribution in [0, 0.1) is 6.92 Å². The molecule has 2 rings (SSSR count). The van der Waals surface area contributed by atoms with Crippen molar-refractivity contribution in [3.63, 3.8) is 0 Å². The van der Waals surface area contributed by atoms with Gasteiger partial charge in [0.15, 0.2) is 0 Å². The maximum atomic E-state index is 9.54. The number of benzene rings is 2. The Morgan fingerprint density at radius 3 is 2.35 bits per heavy atom. The van der Waals surface area contributed by atoms with E-state index in [0.717, 1.165) is 22.4 Å². The van der Waals surface area contributed by atoms with Crippen LogP contribution in [0.5, 0.6) is 5.75 Å². The second kappa shape index (κ2) is 6.49. The first-order chi connectivity index (χ1) is 9.49. The lowest BCUT2D eigenvalue weighted by atomic mass is 10.1. The molecule has 0 bridgehead atoms. The van der Waals surface area contributed by atoms with E-state index in [0.29, 0.717) is 16.7 Å². The summed E-state index contributed by atoms with van der Waals surface area (Å²) in [5, 5.41) is 10.7. The van der Waals surface area contributed by atoms with Crippen LogP contribution in [0.25, 0.3) is 0 Å². The minimum absolute atomic E-state index is 0.313. The Bertz CT molecular complexity index is 589. The Balaban J connectivity index is 2.15. The third-order valence-corrected chi connectivity index (χ3v) is 3.82. The number of hydrogen-bond donors (Lipinski definition) is 1. The maximum Gasteiger partial charge on any atom is 0.122 e. The van der Waals surface area contributed by atoms with Gasteiger partial charge in [-0.3, -0.25) is 0 Å². The number of halogens is 2. The van der Waals surface area contributed by atoms with E-state index in [1.807, 2.05) is 25.1 Å². The lowest BCUT2D eigenvalue weighted by Crippen LogP contribution is -2.00. The summed E-state index contributed by atoms with van der Waals surface area (Å²) in [5.41, 5.74) is 2.60. The molecule has 2 nitrogen and oxygen atoms in total. The third kappa shape index (κ3) is 3.45. The molecule has 0 spiro atoms. The molecule has 20 heavy (non-hydrogen) atoms. The highest BCUT2D eigenvalue weighted by atomic mass is 35.5. The molecule has 0 heterocycles. The van der Waals surface area contributed by atoms with Crippen LogP contribution >= 0.6 is 23.2 Å². The minimum atomic E-state index is -0.485. The van der Waals surface area contributed by atoms with Crippen LogP contribution in [0.3, 0.4) is 0 Å². The fourth-order valence-electron chi connectivity index (χ4n) is 1.91. The van der Waals surface area contributed by atoms with Crippen molar-refractivity contribution in [3.05, 3.63) is 63.1 Å². The number of ether oxygens (including phenoxy) is 1. The fourth-order valence-corrected chi connectivity index (χ4v) is 2.42. The van der Waals surface area contributed by atoms with Gasteiger partial charge in [-0.1, -0.05) is 35.3 Å². The van der Waals surface area contributed by atoms with E-state index in [-0.39, 0.29) is 0 Å². The van der Waals surface area contributed by atoms with Crippen LogP contribution in [-0.4, -0.2) is 5.11 Å². The highest BCUT2D eigenvalue weighted by molar-refractivity contribution is 6.35. The molecule has 0 aliphatic rings. The summed E-state index contributed by atoms with van der Waals surface area (Å²) in [7, 11) is 0. The summed E-state index contributed by atoms with van der Waals surface area (Å²) in [4.78, 5) is 0. The summed E-state index contributed by atoms with van der Waals surface area (Å²) in [6.45, 7) is 3.99. The van der Waals surface area contributed by atoms with Gasteiger partial charge in [0.2, 0.25) is 0 Å². The van der Waals surface area contributed by atoms with Crippen molar-refractivity contribution < 1.29 is 9.84 Å². The fraction of sp³-hybridized carbons (Fsp3) is 0.250. The molecule has 1 N–H and O–H groups in total. The van der Waals surface area contributed by atoms with Gasteiger partial charge in [-0.2, -0.15) is 0 Å². The second-order valence-corrected chi connectivity index (χ2v) is 5.50. The smallest absolute Gasteiger partial charge is 0.122 e. The topological polar surface area (TPSA) is 29.5 Å². The quantitative estimate of drug-likeness (QED) is 0.867. The van der Waals surface area contributed by atoms with E-state index in [9.17, 15) is 5.11 Å². The molecular formula is C16H16Cl2O2. The van der Waals surface area contributed by atoms with Crippen LogP contribution in [0.1, 0.15) is 29.7 Å². The molecule has 0 fully saturated rings. The summed E-state index contributed by atoms with van der Waals surface area (Å²) in [6.07, 6.45) is -0.485. The first kappa shape index (κ1) is 15.2. The Morgan fingerprint density at radius 1 is 1.15 bits per heavy atom. The molecule has 4 heteroatoms. The third-order valence-electron chi connectivity index (χ3n) is 3.12. The molecule has 0 aromatic heterocycles. The monoisotopic (exact) mass is 310 g/mol. The molecule has 0 amide bonds. The van der Waals surface area contributed by atoms with Gasteiger partial charge in [0.25, 0.3) is 0 Å². The van der Waals surface area contributed by atoms with Gasteiger partial charge in [0.1, 0.15) is 12.4 Å². The molecule has 2 aromatic carbocycles. The van der Waals surface area contributed by atoms with Gasteiger partial charge in [0, 0.05) is 15.6 Å². The van der Waals surface area contributed by atoms with Gasteiger partial charge < -0.3 is 9.84 Å². The molecule has 0 radical (unpaired) electrons. The molecule has 1 atom stereocenters. The standard InChI is InChI=1S/C16H16Cl2O2/c1-10-8-12(11(2)19)6-7-16(10)20-9-13-14(17)4-3-5-15(13)18/h3-8,11,19H,9H2,1-2H3. The van der Waals surface area contributed by atoms with Crippen LogP contribution in [0.15, 0.2) is 36.4 Å². The van der Waals surface area contributed by atoms with Gasteiger partial charge in [-0.25, -0.2) is 0 Å². The van der Waals surface area contributed by atoms with Crippen LogP contribution < -0.4 is 4.74 Å². The van der Waals surface area contributed by atoms with E-state index >= 15 is 0 Å². The number of hydrogen-bond acceptors (Lipinski definition) is 2. The second-order valence-electron chi connectivity index (χ2n) is 4.69. The van der Waals surface area contributed by atoms with Crippen molar-refractivity contribution in [2.75, 3.05) is 0 Å². The molecule has 0 saturated carbocycles. The summed E-state index contributed by atoms with van der Waals surface area (Å²) < 4.78 is 5.77. The molecule has 0 saturated heterocycles. The number of aliphatic hydroxyl groups excluding tert-OH is 1. The lowest BCUT2D eigenvalue weighted by Gasteiger charge is -2.13. The van der Waals surface area contributed by atoms with Crippen LogP contribution in [0.4, 0.5) is 0 Å². The predicted octanol–water partition coefficient (Wildman–Crippen LogP) is 4.93. The van der Waals surface area contributed by atoms with Crippen molar-refractivity contribution in [2.45, 2.75) is 26.6 Å². The van der Waals surface area contributed by atoms with E-state index in [1.54, 1.807) is 25.1 Å². The zero-order valence-corrected chi connectivity index (χ0v) is 12.9. The minimum Gasteiger partial charge on any atom is -0.489 e. The highest BCUT2D eigenvalue weighted by Gasteiger charge is 2.09. The molecule has 106 valence electrons. The Kier molecular flexibility index (Phi) is 4.92. The van der Waals surface area contributed by atoms with Crippen molar-refractivity contribution in [1.29, 1.82) is 0 Å². The lowest BCUT2D eigenvalue weighted by molar-refractivity contribution is 0.199. The molecule has 0 aliphatic carbocycles. The Hall–Kier alpha value is -1.22. The van der Waals surface area contributed by atoms with Gasteiger partial charge in [0.05, 0.1) is 6.10 Å². The van der Waals surface area contributed by atoms with Crippen molar-refractivity contribution in [2.24, 2.45) is 0 Å². The molecule has 0 aliphatic heterocycles. The first-order valence-corrected chi connectivity index (χ1v) is 7.09. The Morgan fingerprint density at radius 2 is 1.80 bits per heavy atom. The average molecular weight is 311 g/mol. The number of aliphatic hydroxyl groups is 1. The summed E-state index contributed by atoms with van der Waals surface area (Å²) in [5.74, 6) is 0.755. The average Bonchev–Trinajstić information content (AvgIpc) is 2.39. The SMILES string of the molecule is Cc1cc(C(C)O)ccc1OCc1c(Cl)cccc1Cl. The van der Waals surface area contributed by atoms with E-state index in [4.69, 9.17) is 27.9 Å². The predicted molar refractivity (Wildman–Crippen MR) is 82.6 cm³/mol. The Labute approximate surface area is 128 Å². The van der Waals surface area contributed by atoms with Crippen molar-refractivity contribution in [1.82, 2.24) is 0 Å². The van der Waals surface area contributed by atoms with E-state index in [1.165, 1.54) is 0 Å². The number of rotatable bonds is 4. The zero-order valence-electron chi connectivity index (χ0n) is 11.4. The maximum absolute atomic E-state index is 9.54. The zero-order chi connectivity index (χ0) is 14.7. The van der Waals surface area contributed by atoms with Gasteiger partial charge >= 0.3 is 0 Å².